The van der Waals surface area contributed by atoms with Gasteiger partial charge in [0, 0.05) is 17.5 Å². The fourth-order valence-electron chi connectivity index (χ4n) is 2.42. The van der Waals surface area contributed by atoms with E-state index in [2.05, 4.69) is 15.5 Å². The van der Waals surface area contributed by atoms with Crippen LogP contribution in [-0.4, -0.2) is 30.8 Å². The van der Waals surface area contributed by atoms with Crippen molar-refractivity contribution < 1.29 is 17.6 Å². The normalized spacial score (nSPS) is 11.2. The van der Waals surface area contributed by atoms with Gasteiger partial charge < -0.3 is 5.32 Å². The second-order valence-corrected chi connectivity index (χ2v) is 7.92. The molecule has 1 aromatic heterocycles. The average Bonchev–Trinajstić information content (AvgIpc) is 2.63. The first-order chi connectivity index (χ1) is 12.8. The van der Waals surface area contributed by atoms with Crippen molar-refractivity contribution in [2.75, 3.05) is 11.6 Å². The Hall–Kier alpha value is -3.13. The second-order valence-electron chi connectivity index (χ2n) is 5.96. The molecule has 6 nitrogen and oxygen atoms in total. The van der Waals surface area contributed by atoms with Crippen molar-refractivity contribution in [1.29, 1.82) is 0 Å². The summed E-state index contributed by atoms with van der Waals surface area (Å²) in [6.07, 6.45) is 1.18. The number of aromatic nitrogens is 2. The lowest BCUT2D eigenvalue weighted by atomic mass is 10.1. The number of nitrogens with one attached hydrogen (secondary N) is 1. The summed E-state index contributed by atoms with van der Waals surface area (Å²) in [7, 11) is -3.41. The van der Waals surface area contributed by atoms with Crippen LogP contribution in [-0.2, 0) is 21.1 Å². The van der Waals surface area contributed by atoms with Crippen LogP contribution in [0, 0.1) is 5.82 Å². The standard InChI is InChI=1S/C19H16FN3O3S/c1-27(25,26)19-10-9-17(22-23-19)14-3-2-4-16(12-14)21-18(24)11-13-5-7-15(20)8-6-13/h2-10,12H,11H2,1H3,(H,21,24). The minimum atomic E-state index is -3.41. The summed E-state index contributed by atoms with van der Waals surface area (Å²) in [4.78, 5) is 12.2. The molecule has 1 amide bonds. The number of rotatable bonds is 5. The first-order valence-corrected chi connectivity index (χ1v) is 9.89. The number of anilines is 1. The Morgan fingerprint density at radius 2 is 1.78 bits per heavy atom. The highest BCUT2D eigenvalue weighted by Gasteiger charge is 2.11. The molecule has 2 aromatic carbocycles. The molecule has 0 unspecified atom stereocenters. The topological polar surface area (TPSA) is 89.0 Å². The van der Waals surface area contributed by atoms with Crippen LogP contribution in [0.3, 0.4) is 0 Å². The zero-order chi connectivity index (χ0) is 19.4. The number of sulfone groups is 1. The fourth-order valence-corrected chi connectivity index (χ4v) is 2.93. The Morgan fingerprint density at radius 3 is 2.41 bits per heavy atom. The third-order valence-corrected chi connectivity index (χ3v) is 4.72. The van der Waals surface area contributed by atoms with Crippen LogP contribution >= 0.6 is 0 Å². The number of carbonyl (C=O) groups is 1. The van der Waals surface area contributed by atoms with Crippen LogP contribution in [0.4, 0.5) is 10.1 Å². The highest BCUT2D eigenvalue weighted by Crippen LogP contribution is 2.21. The van der Waals surface area contributed by atoms with E-state index in [0.29, 0.717) is 22.5 Å². The molecule has 0 saturated heterocycles. The van der Waals surface area contributed by atoms with Gasteiger partial charge in [0.25, 0.3) is 0 Å². The number of benzene rings is 2. The quantitative estimate of drug-likeness (QED) is 0.729. The summed E-state index contributed by atoms with van der Waals surface area (Å²) < 4.78 is 35.8. The third kappa shape index (κ3) is 4.95. The summed E-state index contributed by atoms with van der Waals surface area (Å²) in [6.45, 7) is 0. The van der Waals surface area contributed by atoms with Gasteiger partial charge in [-0.1, -0.05) is 24.3 Å². The Kier molecular flexibility index (Phi) is 5.27. The van der Waals surface area contributed by atoms with Gasteiger partial charge in [-0.25, -0.2) is 12.8 Å². The Bertz CT molecular complexity index is 1070. The number of hydrogen-bond donors (Lipinski definition) is 1. The summed E-state index contributed by atoms with van der Waals surface area (Å²) >= 11 is 0. The van der Waals surface area contributed by atoms with Crippen LogP contribution in [0.25, 0.3) is 11.3 Å². The smallest absolute Gasteiger partial charge is 0.228 e. The van der Waals surface area contributed by atoms with Crippen molar-refractivity contribution in [2.24, 2.45) is 0 Å². The van der Waals surface area contributed by atoms with Gasteiger partial charge in [0.15, 0.2) is 14.9 Å². The third-order valence-electron chi connectivity index (χ3n) is 3.74. The van der Waals surface area contributed by atoms with Gasteiger partial charge in [-0.15, -0.1) is 10.2 Å². The number of amides is 1. The molecular formula is C19H16FN3O3S. The van der Waals surface area contributed by atoms with Gasteiger partial charge in [0.05, 0.1) is 12.1 Å². The van der Waals surface area contributed by atoms with E-state index < -0.39 is 9.84 Å². The number of nitrogens with zero attached hydrogens (tertiary/aromatic N) is 2. The molecule has 27 heavy (non-hydrogen) atoms. The molecule has 1 heterocycles. The highest BCUT2D eigenvalue weighted by atomic mass is 32.2. The highest BCUT2D eigenvalue weighted by molar-refractivity contribution is 7.90. The monoisotopic (exact) mass is 385 g/mol. The molecule has 0 aliphatic heterocycles. The van der Waals surface area contributed by atoms with E-state index in [1.54, 1.807) is 42.5 Å². The summed E-state index contributed by atoms with van der Waals surface area (Å²) in [5.74, 6) is -0.591. The maximum absolute atomic E-state index is 12.9. The summed E-state index contributed by atoms with van der Waals surface area (Å²) in [5.41, 5.74) is 2.43. The molecule has 3 aromatic rings. The molecule has 0 aliphatic rings. The predicted octanol–water partition coefficient (Wildman–Crippen LogP) is 2.87. The molecule has 0 spiro atoms. The van der Waals surface area contributed by atoms with E-state index in [1.165, 1.54) is 18.2 Å². The maximum atomic E-state index is 12.9. The molecule has 0 saturated carbocycles. The Morgan fingerprint density at radius 1 is 1.04 bits per heavy atom. The van der Waals surface area contributed by atoms with Crippen molar-refractivity contribution in [2.45, 2.75) is 11.4 Å². The van der Waals surface area contributed by atoms with Gasteiger partial charge in [0.1, 0.15) is 5.82 Å². The molecule has 0 radical (unpaired) electrons. The molecule has 8 heteroatoms. The van der Waals surface area contributed by atoms with Gasteiger partial charge in [-0.05, 0) is 42.0 Å². The van der Waals surface area contributed by atoms with E-state index in [1.807, 2.05) is 0 Å². The maximum Gasteiger partial charge on any atom is 0.228 e. The van der Waals surface area contributed by atoms with E-state index >= 15 is 0 Å². The van der Waals surface area contributed by atoms with Crippen molar-refractivity contribution in [3.05, 3.63) is 72.0 Å². The van der Waals surface area contributed by atoms with E-state index in [4.69, 9.17) is 0 Å². The van der Waals surface area contributed by atoms with Crippen LogP contribution in [0.5, 0.6) is 0 Å². The van der Waals surface area contributed by atoms with Crippen molar-refractivity contribution in [3.8, 4) is 11.3 Å². The van der Waals surface area contributed by atoms with Gasteiger partial charge in [-0.2, -0.15) is 0 Å². The van der Waals surface area contributed by atoms with Crippen LogP contribution in [0.2, 0.25) is 0 Å². The van der Waals surface area contributed by atoms with Crippen molar-refractivity contribution in [3.63, 3.8) is 0 Å². The first-order valence-electron chi connectivity index (χ1n) is 8.00. The minimum Gasteiger partial charge on any atom is -0.326 e. The first kappa shape index (κ1) is 18.7. The zero-order valence-corrected chi connectivity index (χ0v) is 15.2. The molecule has 1 N–H and O–H groups in total. The van der Waals surface area contributed by atoms with E-state index in [0.717, 1.165) is 6.26 Å². The Balaban J connectivity index is 1.73. The van der Waals surface area contributed by atoms with Crippen LogP contribution in [0.15, 0.2) is 65.7 Å². The SMILES string of the molecule is CS(=O)(=O)c1ccc(-c2cccc(NC(=O)Cc3ccc(F)cc3)c2)nn1. The average molecular weight is 385 g/mol. The molecule has 0 fully saturated rings. The van der Waals surface area contributed by atoms with Crippen LogP contribution < -0.4 is 5.32 Å². The summed E-state index contributed by atoms with van der Waals surface area (Å²) in [5, 5.41) is 10.3. The lowest BCUT2D eigenvalue weighted by Crippen LogP contribution is -2.14. The molecule has 138 valence electrons. The summed E-state index contributed by atoms with van der Waals surface area (Å²) in [6, 6.07) is 15.6. The molecule has 0 bridgehead atoms. The Labute approximate surface area is 156 Å². The van der Waals surface area contributed by atoms with Crippen molar-refractivity contribution in [1.82, 2.24) is 10.2 Å². The number of hydrogen-bond acceptors (Lipinski definition) is 5. The fraction of sp³-hybridized carbons (Fsp3) is 0.105. The van der Waals surface area contributed by atoms with Gasteiger partial charge in [-0.3, -0.25) is 4.79 Å². The lowest BCUT2D eigenvalue weighted by molar-refractivity contribution is -0.115. The lowest BCUT2D eigenvalue weighted by Gasteiger charge is -2.08. The zero-order valence-electron chi connectivity index (χ0n) is 14.4. The predicted molar refractivity (Wildman–Crippen MR) is 99.3 cm³/mol. The molecule has 0 atom stereocenters. The van der Waals surface area contributed by atoms with E-state index in [9.17, 15) is 17.6 Å². The van der Waals surface area contributed by atoms with Crippen molar-refractivity contribution >= 4 is 21.4 Å². The number of carbonyl (C=O) groups excluding carboxylic acids is 1. The van der Waals surface area contributed by atoms with Gasteiger partial charge in [0.2, 0.25) is 5.91 Å². The molecular weight excluding hydrogens is 369 g/mol. The van der Waals surface area contributed by atoms with E-state index in [-0.39, 0.29) is 23.2 Å². The molecule has 0 aliphatic carbocycles. The van der Waals surface area contributed by atoms with Gasteiger partial charge >= 0.3 is 0 Å². The number of halogens is 1. The minimum absolute atomic E-state index is 0.102. The molecule has 3 rings (SSSR count). The largest absolute Gasteiger partial charge is 0.326 e. The van der Waals surface area contributed by atoms with Crippen LogP contribution in [0.1, 0.15) is 5.56 Å². The second kappa shape index (κ2) is 7.63.